The van der Waals surface area contributed by atoms with Crippen molar-refractivity contribution in [3.8, 4) is 0 Å². The Morgan fingerprint density at radius 1 is 1.39 bits per heavy atom. The molecule has 5 heteroatoms. The number of amides is 1. The topological polar surface area (TPSA) is 66.3 Å². The maximum absolute atomic E-state index is 12.4. The molecule has 1 aliphatic rings. The predicted molar refractivity (Wildman–Crippen MR) is 87.4 cm³/mol. The van der Waals surface area contributed by atoms with Gasteiger partial charge in [-0.3, -0.25) is 9.59 Å². The summed E-state index contributed by atoms with van der Waals surface area (Å²) in [6, 6.07) is 9.82. The second kappa shape index (κ2) is 6.86. The van der Waals surface area contributed by atoms with Crippen LogP contribution >= 0.6 is 0 Å². The van der Waals surface area contributed by atoms with Crippen molar-refractivity contribution in [2.75, 3.05) is 13.1 Å². The van der Waals surface area contributed by atoms with Crippen molar-refractivity contribution in [2.45, 2.75) is 38.5 Å². The van der Waals surface area contributed by atoms with Gasteiger partial charge >= 0.3 is 0 Å². The van der Waals surface area contributed by atoms with Crippen molar-refractivity contribution in [2.24, 2.45) is 0 Å². The second-order valence-corrected chi connectivity index (χ2v) is 6.21. The van der Waals surface area contributed by atoms with Crippen molar-refractivity contribution >= 4 is 5.91 Å². The predicted octanol–water partition coefficient (Wildman–Crippen LogP) is 2.62. The van der Waals surface area contributed by atoms with Crippen LogP contribution in [-0.2, 0) is 11.2 Å². The lowest BCUT2D eigenvalue weighted by atomic mass is 9.88. The Bertz CT molecular complexity index is 732. The smallest absolute Gasteiger partial charge is 0.280 e. The Morgan fingerprint density at radius 3 is 2.96 bits per heavy atom. The lowest BCUT2D eigenvalue weighted by Gasteiger charge is -2.33. The van der Waals surface area contributed by atoms with Crippen molar-refractivity contribution in [1.82, 2.24) is 10.1 Å². The quantitative estimate of drug-likeness (QED) is 0.943. The molecule has 0 bridgehead atoms. The van der Waals surface area contributed by atoms with Crippen molar-refractivity contribution in [1.29, 1.82) is 0 Å². The van der Waals surface area contributed by atoms with Crippen molar-refractivity contribution < 1.29 is 9.32 Å². The van der Waals surface area contributed by atoms with Gasteiger partial charge in [-0.05, 0) is 30.9 Å². The Labute approximate surface area is 135 Å². The summed E-state index contributed by atoms with van der Waals surface area (Å²) in [5.74, 6) is 1.09. The maximum atomic E-state index is 12.4. The number of carbonyl (C=O) groups is 1. The summed E-state index contributed by atoms with van der Waals surface area (Å²) < 4.78 is 5.00. The number of piperidine rings is 1. The molecule has 1 aromatic carbocycles. The van der Waals surface area contributed by atoms with Crippen molar-refractivity contribution in [3.63, 3.8) is 0 Å². The Balaban J connectivity index is 1.60. The monoisotopic (exact) mass is 314 g/mol. The van der Waals surface area contributed by atoms with Crippen LogP contribution in [0, 0.1) is 6.92 Å². The van der Waals surface area contributed by atoms with Crippen LogP contribution in [0.25, 0.3) is 0 Å². The fourth-order valence-electron chi connectivity index (χ4n) is 3.33. The van der Waals surface area contributed by atoms with Gasteiger partial charge in [-0.2, -0.15) is 5.16 Å². The van der Waals surface area contributed by atoms with Gasteiger partial charge in [-0.15, -0.1) is 0 Å². The summed E-state index contributed by atoms with van der Waals surface area (Å²) in [5, 5.41) is 2.25. The molecular weight excluding hydrogens is 292 g/mol. The van der Waals surface area contributed by atoms with Gasteiger partial charge in [0, 0.05) is 37.9 Å². The van der Waals surface area contributed by atoms with E-state index in [0.29, 0.717) is 24.5 Å². The minimum absolute atomic E-state index is 0.132. The molecule has 2 heterocycles. The molecule has 1 N–H and O–H groups in total. The zero-order chi connectivity index (χ0) is 16.2. The standard InChI is InChI=1S/C18H22N2O3/c1-13-5-2-3-7-16(13)14-6-4-10-20(12-14)18(22)9-8-15-11-17(21)19-23-15/h2-3,5,7,11,14H,4,6,8-10,12H2,1H3,(H,19,21)/t14-/m1/s1. The number of aromatic nitrogens is 1. The number of hydrogen-bond acceptors (Lipinski definition) is 3. The molecular formula is C18H22N2O3. The number of aryl methyl sites for hydroxylation is 2. The summed E-state index contributed by atoms with van der Waals surface area (Å²) in [5.41, 5.74) is 2.38. The summed E-state index contributed by atoms with van der Waals surface area (Å²) in [6.45, 7) is 3.73. The van der Waals surface area contributed by atoms with Crippen LogP contribution in [0.3, 0.4) is 0 Å². The largest absolute Gasteiger partial charge is 0.384 e. The Hall–Kier alpha value is -2.30. The molecule has 2 aromatic rings. The van der Waals surface area contributed by atoms with Crippen LogP contribution in [0.1, 0.15) is 42.1 Å². The van der Waals surface area contributed by atoms with Crippen LogP contribution in [0.2, 0.25) is 0 Å². The molecule has 5 nitrogen and oxygen atoms in total. The first-order valence-corrected chi connectivity index (χ1v) is 8.14. The number of likely N-dealkylation sites (tertiary alicyclic amines) is 1. The zero-order valence-corrected chi connectivity index (χ0v) is 13.4. The highest BCUT2D eigenvalue weighted by Gasteiger charge is 2.25. The average molecular weight is 314 g/mol. The van der Waals surface area contributed by atoms with E-state index >= 15 is 0 Å². The highest BCUT2D eigenvalue weighted by molar-refractivity contribution is 5.76. The van der Waals surface area contributed by atoms with Crippen LogP contribution in [0.5, 0.6) is 0 Å². The summed E-state index contributed by atoms with van der Waals surface area (Å²) in [7, 11) is 0. The number of nitrogens with one attached hydrogen (secondary N) is 1. The number of nitrogens with zero attached hydrogens (tertiary/aromatic N) is 1. The van der Waals surface area contributed by atoms with E-state index in [0.717, 1.165) is 25.9 Å². The van der Waals surface area contributed by atoms with Crippen LogP contribution in [0.4, 0.5) is 0 Å². The summed E-state index contributed by atoms with van der Waals surface area (Å²) in [4.78, 5) is 25.4. The molecule has 1 amide bonds. The molecule has 0 saturated carbocycles. The van der Waals surface area contributed by atoms with Crippen LogP contribution < -0.4 is 5.56 Å². The molecule has 0 spiro atoms. The second-order valence-electron chi connectivity index (χ2n) is 6.21. The van der Waals surface area contributed by atoms with E-state index in [2.05, 4.69) is 36.3 Å². The first-order chi connectivity index (χ1) is 11.1. The fraction of sp³-hybridized carbons (Fsp3) is 0.444. The van der Waals surface area contributed by atoms with E-state index in [1.165, 1.54) is 17.2 Å². The van der Waals surface area contributed by atoms with Gasteiger partial charge in [0.15, 0.2) is 0 Å². The van der Waals surface area contributed by atoms with E-state index < -0.39 is 0 Å². The van der Waals surface area contributed by atoms with Gasteiger partial charge < -0.3 is 9.42 Å². The molecule has 3 rings (SSSR count). The molecule has 1 saturated heterocycles. The number of H-pyrrole nitrogens is 1. The number of benzene rings is 1. The molecule has 0 radical (unpaired) electrons. The first-order valence-electron chi connectivity index (χ1n) is 8.14. The van der Waals surface area contributed by atoms with Gasteiger partial charge in [0.25, 0.3) is 5.56 Å². The van der Waals surface area contributed by atoms with Gasteiger partial charge in [0.05, 0.1) is 0 Å². The minimum atomic E-state index is -0.259. The lowest BCUT2D eigenvalue weighted by Crippen LogP contribution is -2.39. The molecule has 1 aliphatic heterocycles. The number of aromatic amines is 1. The Morgan fingerprint density at radius 2 is 2.22 bits per heavy atom. The molecule has 23 heavy (non-hydrogen) atoms. The van der Waals surface area contributed by atoms with E-state index in [9.17, 15) is 9.59 Å². The van der Waals surface area contributed by atoms with E-state index in [4.69, 9.17) is 4.52 Å². The first kappa shape index (κ1) is 15.6. The third-order valence-electron chi connectivity index (χ3n) is 4.56. The van der Waals surface area contributed by atoms with Gasteiger partial charge in [-0.25, -0.2) is 0 Å². The summed E-state index contributed by atoms with van der Waals surface area (Å²) in [6.07, 6.45) is 3.00. The van der Waals surface area contributed by atoms with E-state index in [1.807, 2.05) is 4.90 Å². The highest BCUT2D eigenvalue weighted by atomic mass is 16.5. The highest BCUT2D eigenvalue weighted by Crippen LogP contribution is 2.29. The lowest BCUT2D eigenvalue weighted by molar-refractivity contribution is -0.132. The molecule has 0 unspecified atom stereocenters. The third kappa shape index (κ3) is 3.73. The Kier molecular flexibility index (Phi) is 4.65. The van der Waals surface area contributed by atoms with Gasteiger partial charge in [-0.1, -0.05) is 24.3 Å². The minimum Gasteiger partial charge on any atom is -0.384 e. The van der Waals surface area contributed by atoms with Crippen molar-refractivity contribution in [3.05, 3.63) is 57.6 Å². The number of hydrogen-bond donors (Lipinski definition) is 1. The number of carbonyl (C=O) groups excluding carboxylic acids is 1. The fourth-order valence-corrected chi connectivity index (χ4v) is 3.33. The maximum Gasteiger partial charge on any atom is 0.280 e. The summed E-state index contributed by atoms with van der Waals surface area (Å²) >= 11 is 0. The molecule has 1 fully saturated rings. The molecule has 122 valence electrons. The molecule has 1 aromatic heterocycles. The molecule has 0 aliphatic carbocycles. The van der Waals surface area contributed by atoms with Gasteiger partial charge in [0.1, 0.15) is 5.76 Å². The van der Waals surface area contributed by atoms with E-state index in [-0.39, 0.29) is 11.5 Å². The molecule has 1 atom stereocenters. The van der Waals surface area contributed by atoms with Crippen LogP contribution in [-0.4, -0.2) is 29.1 Å². The number of rotatable bonds is 4. The average Bonchev–Trinajstić information content (AvgIpc) is 2.98. The normalized spacial score (nSPS) is 18.1. The van der Waals surface area contributed by atoms with E-state index in [1.54, 1.807) is 0 Å². The third-order valence-corrected chi connectivity index (χ3v) is 4.56. The van der Waals surface area contributed by atoms with Gasteiger partial charge in [0.2, 0.25) is 5.91 Å². The van der Waals surface area contributed by atoms with Crippen LogP contribution in [0.15, 0.2) is 39.6 Å². The zero-order valence-electron chi connectivity index (χ0n) is 13.4. The SMILES string of the molecule is Cc1ccccc1[C@@H]1CCCN(C(=O)CCc2cc(=O)[nH]o2)C1.